The Bertz CT molecular complexity index is 2480. The molecule has 4 heteroatoms. The van der Waals surface area contributed by atoms with Crippen LogP contribution in [0.1, 0.15) is 0 Å². The average Bonchev–Trinajstić information content (AvgIpc) is 3.10. The zero-order valence-corrected chi connectivity index (χ0v) is 26.6. The van der Waals surface area contributed by atoms with E-state index in [4.69, 9.17) is 9.97 Å². The van der Waals surface area contributed by atoms with Gasteiger partial charge in [0.2, 0.25) is 0 Å². The Morgan fingerprint density at radius 2 is 1.04 bits per heavy atom. The number of aromatic nitrogens is 2. The third kappa shape index (κ3) is 5.00. The van der Waals surface area contributed by atoms with E-state index in [1.165, 1.54) is 5.39 Å². The van der Waals surface area contributed by atoms with E-state index in [-0.39, 0.29) is 0 Å². The summed E-state index contributed by atoms with van der Waals surface area (Å²) in [4.78, 5) is 10.3. The van der Waals surface area contributed by atoms with Crippen LogP contribution < -0.4 is 5.30 Å². The first-order valence-corrected chi connectivity index (χ1v) is 18.1. The first-order chi connectivity index (χ1) is 22.4. The summed E-state index contributed by atoms with van der Waals surface area (Å²) >= 11 is 0. The smallest absolute Gasteiger partial charge is 0.160 e. The second-order valence-corrected chi connectivity index (χ2v) is 15.4. The van der Waals surface area contributed by atoms with Gasteiger partial charge < -0.3 is 4.57 Å². The molecule has 0 aliphatic heterocycles. The fraction of sp³-hybridized carbons (Fsp3) is 0.0476. The van der Waals surface area contributed by atoms with Crippen molar-refractivity contribution in [2.45, 2.75) is 0 Å². The largest absolute Gasteiger partial charge is 0.319 e. The maximum absolute atomic E-state index is 12.9. The van der Waals surface area contributed by atoms with Gasteiger partial charge in [-0.15, -0.1) is 0 Å². The van der Waals surface area contributed by atoms with Gasteiger partial charge in [-0.3, -0.25) is 0 Å². The molecule has 0 aliphatic rings. The molecule has 0 unspecified atom stereocenters. The van der Waals surface area contributed by atoms with E-state index in [0.717, 1.165) is 71.4 Å². The van der Waals surface area contributed by atoms with Gasteiger partial charge in [-0.2, -0.15) is 0 Å². The van der Waals surface area contributed by atoms with Gasteiger partial charge >= 0.3 is 0 Å². The van der Waals surface area contributed by atoms with E-state index in [1.807, 2.05) is 43.7 Å². The highest BCUT2D eigenvalue weighted by Gasteiger charge is 2.17. The van der Waals surface area contributed by atoms with Crippen molar-refractivity contribution in [2.24, 2.45) is 0 Å². The topological polar surface area (TPSA) is 42.9 Å². The summed E-state index contributed by atoms with van der Waals surface area (Å²) in [5.41, 5.74) is 8.38. The van der Waals surface area contributed by atoms with Gasteiger partial charge in [-0.25, -0.2) is 9.97 Å². The van der Waals surface area contributed by atoms with E-state index in [9.17, 15) is 4.57 Å². The van der Waals surface area contributed by atoms with Gasteiger partial charge in [0.05, 0.1) is 11.2 Å². The molecular formula is C42H31N2OP. The van der Waals surface area contributed by atoms with Crippen molar-refractivity contribution in [3.8, 4) is 44.9 Å². The molecule has 0 radical (unpaired) electrons. The summed E-state index contributed by atoms with van der Waals surface area (Å²) in [6.45, 7) is 3.65. The number of hydrogen-bond acceptors (Lipinski definition) is 3. The van der Waals surface area contributed by atoms with Crippen molar-refractivity contribution in [1.29, 1.82) is 0 Å². The first-order valence-electron chi connectivity index (χ1n) is 15.5. The fourth-order valence-electron chi connectivity index (χ4n) is 6.45. The third-order valence-corrected chi connectivity index (χ3v) is 10.3. The lowest BCUT2D eigenvalue weighted by molar-refractivity contribution is 0.588. The molecule has 0 atom stereocenters. The molecular weight excluding hydrogens is 579 g/mol. The Morgan fingerprint density at radius 3 is 1.76 bits per heavy atom. The van der Waals surface area contributed by atoms with Crippen LogP contribution in [0.5, 0.6) is 0 Å². The van der Waals surface area contributed by atoms with Crippen LogP contribution in [0.15, 0.2) is 152 Å². The summed E-state index contributed by atoms with van der Waals surface area (Å²) in [6.07, 6.45) is 0. The average molecular weight is 611 g/mol. The van der Waals surface area contributed by atoms with Gasteiger partial charge in [0.1, 0.15) is 7.14 Å². The standard InChI is InChI=1S/C42H31N2OP/c1-46(2,45)33-18-11-16-31(27-33)35-25-24-34(37-20-8-9-21-38(35)37)30-15-10-17-32(26-30)40-39-23-22-28-12-6-7-19-36(28)41(39)44-42(43-40)29-13-4-3-5-14-29/h3-27H,1-2H3. The Balaban J connectivity index is 1.32. The summed E-state index contributed by atoms with van der Waals surface area (Å²) in [6, 6.07) is 52.7. The van der Waals surface area contributed by atoms with Crippen molar-refractivity contribution in [1.82, 2.24) is 9.97 Å². The number of nitrogens with zero attached hydrogens (tertiary/aromatic N) is 2. The summed E-state index contributed by atoms with van der Waals surface area (Å²) in [5, 5.41) is 6.53. The molecule has 0 spiro atoms. The van der Waals surface area contributed by atoms with Gasteiger partial charge in [-0.05, 0) is 69.9 Å². The molecule has 3 nitrogen and oxygen atoms in total. The highest BCUT2D eigenvalue weighted by atomic mass is 31.2. The molecule has 0 amide bonds. The highest BCUT2D eigenvalue weighted by Crippen LogP contribution is 2.40. The van der Waals surface area contributed by atoms with Crippen molar-refractivity contribution in [2.75, 3.05) is 13.3 Å². The maximum Gasteiger partial charge on any atom is 0.160 e. The number of hydrogen-bond donors (Lipinski definition) is 0. The first kappa shape index (κ1) is 28.1. The minimum atomic E-state index is -2.38. The van der Waals surface area contributed by atoms with Crippen LogP contribution in [0.3, 0.4) is 0 Å². The highest BCUT2D eigenvalue weighted by molar-refractivity contribution is 7.70. The molecule has 220 valence electrons. The van der Waals surface area contributed by atoms with Crippen LogP contribution in [0.25, 0.3) is 77.3 Å². The molecule has 7 aromatic carbocycles. The van der Waals surface area contributed by atoms with Crippen LogP contribution in [0, 0.1) is 0 Å². The number of fused-ring (bicyclic) bond motifs is 4. The molecule has 0 saturated carbocycles. The molecule has 8 aromatic rings. The number of benzene rings is 7. The Kier molecular flexibility index (Phi) is 6.86. The van der Waals surface area contributed by atoms with Crippen molar-refractivity contribution >= 4 is 44.9 Å². The second-order valence-electron chi connectivity index (χ2n) is 12.1. The predicted molar refractivity (Wildman–Crippen MR) is 195 cm³/mol. The van der Waals surface area contributed by atoms with Crippen LogP contribution in [-0.4, -0.2) is 23.3 Å². The fourth-order valence-corrected chi connectivity index (χ4v) is 7.34. The molecule has 1 heterocycles. The molecule has 0 aliphatic carbocycles. The van der Waals surface area contributed by atoms with E-state index in [1.54, 1.807) is 0 Å². The lowest BCUT2D eigenvalue weighted by Crippen LogP contribution is -2.02. The van der Waals surface area contributed by atoms with E-state index in [0.29, 0.717) is 5.82 Å². The Labute approximate surface area is 268 Å². The van der Waals surface area contributed by atoms with E-state index >= 15 is 0 Å². The Morgan fingerprint density at radius 1 is 0.457 bits per heavy atom. The van der Waals surface area contributed by atoms with Crippen molar-refractivity contribution in [3.05, 3.63) is 152 Å². The summed E-state index contributed by atoms with van der Waals surface area (Å²) < 4.78 is 12.9. The van der Waals surface area contributed by atoms with Crippen LogP contribution in [-0.2, 0) is 4.57 Å². The van der Waals surface area contributed by atoms with Crippen molar-refractivity contribution in [3.63, 3.8) is 0 Å². The van der Waals surface area contributed by atoms with Crippen LogP contribution in [0.2, 0.25) is 0 Å². The van der Waals surface area contributed by atoms with Gasteiger partial charge in [0.25, 0.3) is 0 Å². The molecule has 1 aromatic heterocycles. The SMILES string of the molecule is CP(C)(=O)c1cccc(-c2ccc(-c3cccc(-c4nc(-c5ccccc5)nc5c4ccc4ccccc45)c3)c3ccccc23)c1. The monoisotopic (exact) mass is 610 g/mol. The summed E-state index contributed by atoms with van der Waals surface area (Å²) in [5.74, 6) is 0.714. The quantitative estimate of drug-likeness (QED) is 0.144. The minimum absolute atomic E-state index is 0.714. The molecule has 0 N–H and O–H groups in total. The molecule has 0 bridgehead atoms. The van der Waals surface area contributed by atoms with E-state index < -0.39 is 7.14 Å². The molecule has 46 heavy (non-hydrogen) atoms. The van der Waals surface area contributed by atoms with Gasteiger partial charge in [0.15, 0.2) is 5.82 Å². The third-order valence-electron chi connectivity index (χ3n) is 8.77. The van der Waals surface area contributed by atoms with E-state index in [2.05, 4.69) is 121 Å². The minimum Gasteiger partial charge on any atom is -0.319 e. The normalized spacial score (nSPS) is 11.8. The molecule has 0 saturated heterocycles. The number of rotatable bonds is 5. The lowest BCUT2D eigenvalue weighted by atomic mass is 9.91. The second kappa shape index (κ2) is 11.2. The molecule has 0 fully saturated rings. The maximum atomic E-state index is 12.9. The molecule has 8 rings (SSSR count). The van der Waals surface area contributed by atoms with Crippen LogP contribution in [0.4, 0.5) is 0 Å². The van der Waals surface area contributed by atoms with Crippen molar-refractivity contribution < 1.29 is 4.57 Å². The van der Waals surface area contributed by atoms with Gasteiger partial charge in [-0.1, -0.05) is 133 Å². The zero-order valence-electron chi connectivity index (χ0n) is 25.7. The van der Waals surface area contributed by atoms with Gasteiger partial charge in [0, 0.05) is 27.2 Å². The lowest BCUT2D eigenvalue weighted by Gasteiger charge is -2.15. The summed E-state index contributed by atoms with van der Waals surface area (Å²) in [7, 11) is -2.38. The Hall–Kier alpha value is -5.37. The zero-order chi connectivity index (χ0) is 31.3. The predicted octanol–water partition coefficient (Wildman–Crippen LogP) is 10.9. The van der Waals surface area contributed by atoms with Crippen LogP contribution >= 0.6 is 7.14 Å².